The van der Waals surface area contributed by atoms with Crippen molar-refractivity contribution < 1.29 is 19.5 Å². The molecule has 2 amide bonds. The molecule has 0 spiro atoms. The van der Waals surface area contributed by atoms with Crippen LogP contribution >= 0.6 is 0 Å². The molecule has 0 unspecified atom stereocenters. The van der Waals surface area contributed by atoms with Gasteiger partial charge in [-0.1, -0.05) is 37.6 Å². The molecule has 0 aromatic heterocycles. The first-order valence-corrected chi connectivity index (χ1v) is 8.74. The summed E-state index contributed by atoms with van der Waals surface area (Å²) < 4.78 is 0. The van der Waals surface area contributed by atoms with Gasteiger partial charge in [-0.3, -0.25) is 14.4 Å². The Bertz CT molecular complexity index is 569. The molecule has 6 heteroatoms. The second-order valence-corrected chi connectivity index (χ2v) is 6.13. The number of carboxylic acids is 1. The molecule has 0 fully saturated rings. The Balaban J connectivity index is 2.60. The second kappa shape index (κ2) is 11.2. The Morgan fingerprint density at radius 1 is 1.04 bits per heavy atom. The Morgan fingerprint density at radius 3 is 2.16 bits per heavy atom. The van der Waals surface area contributed by atoms with Crippen molar-refractivity contribution >= 4 is 17.8 Å². The minimum Gasteiger partial charge on any atom is -0.481 e. The van der Waals surface area contributed by atoms with Crippen LogP contribution < -0.4 is 10.6 Å². The number of rotatable bonds is 11. The van der Waals surface area contributed by atoms with Gasteiger partial charge in [0.2, 0.25) is 11.8 Å². The highest BCUT2D eigenvalue weighted by Crippen LogP contribution is 2.17. The normalized spacial score (nSPS) is 11.6. The number of amides is 2. The summed E-state index contributed by atoms with van der Waals surface area (Å²) in [6, 6.07) is 8.30. The van der Waals surface area contributed by atoms with E-state index in [2.05, 4.69) is 41.8 Å². The van der Waals surface area contributed by atoms with Gasteiger partial charge in [0.05, 0.1) is 6.54 Å². The number of hydrogen-bond acceptors (Lipinski definition) is 3. The predicted molar refractivity (Wildman–Crippen MR) is 96.2 cm³/mol. The van der Waals surface area contributed by atoms with E-state index in [0.717, 1.165) is 18.4 Å². The van der Waals surface area contributed by atoms with E-state index in [1.807, 2.05) is 0 Å². The van der Waals surface area contributed by atoms with E-state index in [4.69, 9.17) is 5.11 Å². The number of carboxylic acid groups (broad SMARTS) is 1. The van der Waals surface area contributed by atoms with Crippen LogP contribution in [0, 0.1) is 5.92 Å². The van der Waals surface area contributed by atoms with Crippen molar-refractivity contribution in [3.63, 3.8) is 0 Å². The van der Waals surface area contributed by atoms with E-state index in [0.29, 0.717) is 12.8 Å². The van der Waals surface area contributed by atoms with E-state index in [9.17, 15) is 14.4 Å². The average Bonchev–Trinajstić information content (AvgIpc) is 2.60. The van der Waals surface area contributed by atoms with Crippen LogP contribution in [0.15, 0.2) is 24.3 Å². The zero-order chi connectivity index (χ0) is 18.7. The molecule has 25 heavy (non-hydrogen) atoms. The highest BCUT2D eigenvalue weighted by Gasteiger charge is 2.20. The van der Waals surface area contributed by atoms with Gasteiger partial charge < -0.3 is 15.7 Å². The van der Waals surface area contributed by atoms with Gasteiger partial charge in [-0.2, -0.15) is 0 Å². The fraction of sp³-hybridized carbons (Fsp3) is 0.526. The number of carbonyl (C=O) groups is 3. The number of benzene rings is 1. The van der Waals surface area contributed by atoms with Crippen molar-refractivity contribution in [1.29, 1.82) is 0 Å². The smallest absolute Gasteiger partial charge is 0.303 e. The summed E-state index contributed by atoms with van der Waals surface area (Å²) in [4.78, 5) is 34.3. The number of nitrogens with one attached hydrogen (secondary N) is 2. The standard InChI is InChI=1S/C19H28N2O4/c1-3-4-14-5-7-15(8-6-14)9-10-16(11-12-18(23)24)19(25)21-13-17(22)20-2/h5-8,16H,3-4,9-13H2,1-2H3,(H,20,22)(H,21,25)(H,23,24)/t16-/m1/s1. The van der Waals surface area contributed by atoms with Crippen LogP contribution in [-0.2, 0) is 27.2 Å². The molecule has 0 saturated heterocycles. The number of aliphatic carboxylic acids is 1. The topological polar surface area (TPSA) is 95.5 Å². The van der Waals surface area contributed by atoms with Crippen LogP contribution in [0.1, 0.15) is 43.7 Å². The van der Waals surface area contributed by atoms with Crippen LogP contribution in [0.3, 0.4) is 0 Å². The average molecular weight is 348 g/mol. The fourth-order valence-electron chi connectivity index (χ4n) is 2.61. The maximum atomic E-state index is 12.3. The molecule has 0 saturated carbocycles. The maximum Gasteiger partial charge on any atom is 0.303 e. The van der Waals surface area contributed by atoms with Crippen molar-refractivity contribution in [2.24, 2.45) is 5.92 Å². The summed E-state index contributed by atoms with van der Waals surface area (Å²) in [5.74, 6) is -1.90. The first kappa shape index (κ1) is 20.7. The number of aryl methyl sites for hydroxylation is 2. The number of likely N-dealkylation sites (N-methyl/N-ethyl adjacent to an activating group) is 1. The van der Waals surface area contributed by atoms with E-state index in [1.54, 1.807) is 0 Å². The van der Waals surface area contributed by atoms with Crippen molar-refractivity contribution in [2.75, 3.05) is 13.6 Å². The molecule has 1 rings (SSSR count). The van der Waals surface area contributed by atoms with Gasteiger partial charge in [0.15, 0.2) is 0 Å². The molecule has 0 aliphatic carbocycles. The van der Waals surface area contributed by atoms with Crippen LogP contribution in [-0.4, -0.2) is 36.5 Å². The third-order valence-electron chi connectivity index (χ3n) is 4.12. The number of carbonyl (C=O) groups excluding carboxylic acids is 2. The highest BCUT2D eigenvalue weighted by molar-refractivity contribution is 5.85. The Hall–Kier alpha value is -2.37. The Morgan fingerprint density at radius 2 is 1.64 bits per heavy atom. The van der Waals surface area contributed by atoms with Crippen molar-refractivity contribution in [2.45, 2.75) is 45.4 Å². The molecular weight excluding hydrogens is 320 g/mol. The summed E-state index contributed by atoms with van der Waals surface area (Å²) in [6.07, 6.45) is 3.60. The van der Waals surface area contributed by atoms with Crippen LogP contribution in [0.2, 0.25) is 0 Å². The third-order valence-corrected chi connectivity index (χ3v) is 4.12. The van der Waals surface area contributed by atoms with Gasteiger partial charge in [0.25, 0.3) is 0 Å². The van der Waals surface area contributed by atoms with E-state index in [1.165, 1.54) is 12.6 Å². The van der Waals surface area contributed by atoms with E-state index in [-0.39, 0.29) is 31.2 Å². The van der Waals surface area contributed by atoms with Crippen molar-refractivity contribution in [3.05, 3.63) is 35.4 Å². The van der Waals surface area contributed by atoms with Crippen LogP contribution in [0.25, 0.3) is 0 Å². The van der Waals surface area contributed by atoms with Gasteiger partial charge in [0.1, 0.15) is 0 Å². The summed E-state index contributed by atoms with van der Waals surface area (Å²) in [5, 5.41) is 13.9. The largest absolute Gasteiger partial charge is 0.481 e. The summed E-state index contributed by atoms with van der Waals surface area (Å²) in [6.45, 7) is 2.04. The fourth-order valence-corrected chi connectivity index (χ4v) is 2.61. The third kappa shape index (κ3) is 8.33. The zero-order valence-corrected chi connectivity index (χ0v) is 15.0. The van der Waals surface area contributed by atoms with Crippen LogP contribution in [0.4, 0.5) is 0 Å². The second-order valence-electron chi connectivity index (χ2n) is 6.13. The molecule has 0 aliphatic rings. The quantitative estimate of drug-likeness (QED) is 0.569. The molecule has 1 aromatic rings. The highest BCUT2D eigenvalue weighted by atomic mass is 16.4. The van der Waals surface area contributed by atoms with Crippen molar-refractivity contribution in [3.8, 4) is 0 Å². The van der Waals surface area contributed by atoms with Gasteiger partial charge in [0, 0.05) is 19.4 Å². The summed E-state index contributed by atoms with van der Waals surface area (Å²) in [7, 11) is 1.50. The minimum atomic E-state index is -0.923. The Labute approximate surface area is 149 Å². The van der Waals surface area contributed by atoms with E-state index >= 15 is 0 Å². The van der Waals surface area contributed by atoms with Gasteiger partial charge in [-0.05, 0) is 36.8 Å². The molecular formula is C19H28N2O4. The minimum absolute atomic E-state index is 0.0620. The van der Waals surface area contributed by atoms with Gasteiger partial charge >= 0.3 is 5.97 Å². The van der Waals surface area contributed by atoms with Crippen molar-refractivity contribution in [1.82, 2.24) is 10.6 Å². The number of hydrogen-bond donors (Lipinski definition) is 3. The van der Waals surface area contributed by atoms with Crippen LogP contribution in [0.5, 0.6) is 0 Å². The lowest BCUT2D eigenvalue weighted by Gasteiger charge is -2.16. The first-order valence-electron chi connectivity index (χ1n) is 8.74. The summed E-state index contributed by atoms with van der Waals surface area (Å²) in [5.41, 5.74) is 2.41. The lowest BCUT2D eigenvalue weighted by Crippen LogP contribution is -2.38. The lowest BCUT2D eigenvalue weighted by molar-refractivity contribution is -0.137. The monoisotopic (exact) mass is 348 g/mol. The lowest BCUT2D eigenvalue weighted by atomic mass is 9.93. The molecule has 1 atom stereocenters. The summed E-state index contributed by atoms with van der Waals surface area (Å²) >= 11 is 0. The Kier molecular flexibility index (Phi) is 9.29. The van der Waals surface area contributed by atoms with E-state index < -0.39 is 11.9 Å². The van der Waals surface area contributed by atoms with Gasteiger partial charge in [-0.15, -0.1) is 0 Å². The SMILES string of the molecule is CCCc1ccc(CC[C@H](CCC(=O)O)C(=O)NCC(=O)NC)cc1. The molecule has 0 radical (unpaired) electrons. The molecule has 0 aliphatic heterocycles. The molecule has 3 N–H and O–H groups in total. The first-order chi connectivity index (χ1) is 12.0. The maximum absolute atomic E-state index is 12.3. The van der Waals surface area contributed by atoms with Gasteiger partial charge in [-0.25, -0.2) is 0 Å². The molecule has 0 bridgehead atoms. The predicted octanol–water partition coefficient (Wildman–Crippen LogP) is 1.91. The zero-order valence-electron chi connectivity index (χ0n) is 15.0. The molecule has 6 nitrogen and oxygen atoms in total. The molecule has 1 aromatic carbocycles. The molecule has 138 valence electrons. The molecule has 0 heterocycles.